The second-order valence-corrected chi connectivity index (χ2v) is 0.928. The van der Waals surface area contributed by atoms with E-state index in [1.807, 2.05) is 0 Å². The lowest BCUT2D eigenvalue weighted by Crippen LogP contribution is -2.13. The summed E-state index contributed by atoms with van der Waals surface area (Å²) in [6.45, 7) is -0.0914. The molecule has 0 saturated carbocycles. The number of nitrogens with two attached hydrogens (primary N) is 1. The van der Waals surface area contributed by atoms with E-state index in [1.165, 1.54) is 0 Å². The van der Waals surface area contributed by atoms with Crippen molar-refractivity contribution in [3.05, 3.63) is 0 Å². The summed E-state index contributed by atoms with van der Waals surface area (Å²) in [5.74, 6) is 0. The van der Waals surface area contributed by atoms with Crippen LogP contribution >= 0.6 is 0 Å². The molecule has 5 nitrogen and oxygen atoms in total. The molecule has 46 valence electrons. The molecule has 0 heterocycles. The molecule has 0 rings (SSSR count). The molecule has 0 aromatic rings. The Morgan fingerprint density at radius 3 is 3.00 bits per heavy atom. The summed E-state index contributed by atoms with van der Waals surface area (Å²) in [7, 11) is 0. The molecule has 0 unspecified atom stereocenters. The van der Waals surface area contributed by atoms with Crippen LogP contribution in [0, 0.1) is 0 Å². The molecule has 0 saturated heterocycles. The summed E-state index contributed by atoms with van der Waals surface area (Å²) in [5.41, 5.74) is 4.53. The van der Waals surface area contributed by atoms with E-state index < -0.39 is 6.09 Å². The van der Waals surface area contributed by atoms with Gasteiger partial charge < -0.3 is 15.7 Å². The Labute approximate surface area is 45.7 Å². The Morgan fingerprint density at radius 2 is 2.62 bits per heavy atom. The lowest BCUT2D eigenvalue weighted by atomic mass is 10.8. The standard InChI is InChI=1S/C3H6N2O3/c4-3(6)8-2-1-5-7/h1,7H,2H2,(H2,4,6). The molecule has 0 aromatic heterocycles. The highest BCUT2D eigenvalue weighted by molar-refractivity contribution is 5.68. The minimum absolute atomic E-state index is 0.0914. The van der Waals surface area contributed by atoms with Gasteiger partial charge in [0.15, 0.2) is 0 Å². The Bertz CT molecular complexity index is 101. The van der Waals surface area contributed by atoms with Gasteiger partial charge in [0.2, 0.25) is 0 Å². The van der Waals surface area contributed by atoms with E-state index in [-0.39, 0.29) is 6.61 Å². The van der Waals surface area contributed by atoms with Gasteiger partial charge in [0, 0.05) is 0 Å². The van der Waals surface area contributed by atoms with Crippen LogP contribution in [0.4, 0.5) is 4.79 Å². The minimum Gasteiger partial charge on any atom is -0.444 e. The summed E-state index contributed by atoms with van der Waals surface area (Å²) in [4.78, 5) is 9.73. The molecular weight excluding hydrogens is 112 g/mol. The SMILES string of the molecule is NC(=O)OCC=NO. The average molecular weight is 118 g/mol. The second-order valence-electron chi connectivity index (χ2n) is 0.928. The smallest absolute Gasteiger partial charge is 0.404 e. The number of primary amides is 1. The highest BCUT2D eigenvalue weighted by Gasteiger charge is 1.86. The number of oxime groups is 1. The molecule has 0 aromatic carbocycles. The topological polar surface area (TPSA) is 84.9 Å². The van der Waals surface area contributed by atoms with E-state index in [2.05, 4.69) is 15.6 Å². The molecule has 8 heavy (non-hydrogen) atoms. The number of ether oxygens (including phenoxy) is 1. The normalized spacial score (nSPS) is 9.50. The predicted octanol–water partition coefficient (Wildman–Crippen LogP) is -0.458. The van der Waals surface area contributed by atoms with Crippen LogP contribution in [0.25, 0.3) is 0 Å². The van der Waals surface area contributed by atoms with Crippen LogP contribution in [0.15, 0.2) is 5.16 Å². The largest absolute Gasteiger partial charge is 0.444 e. The molecule has 0 radical (unpaired) electrons. The maximum absolute atomic E-state index is 9.73. The number of rotatable bonds is 2. The van der Waals surface area contributed by atoms with Gasteiger partial charge in [0.25, 0.3) is 0 Å². The first kappa shape index (κ1) is 6.74. The third-order valence-electron chi connectivity index (χ3n) is 0.382. The first-order valence-corrected chi connectivity index (χ1v) is 1.85. The van der Waals surface area contributed by atoms with E-state index >= 15 is 0 Å². The average Bonchev–Trinajstić information content (AvgIpc) is 1.66. The Morgan fingerprint density at radius 1 is 2.00 bits per heavy atom. The first-order valence-electron chi connectivity index (χ1n) is 1.85. The predicted molar refractivity (Wildman–Crippen MR) is 25.8 cm³/mol. The van der Waals surface area contributed by atoms with Crippen LogP contribution in [0.5, 0.6) is 0 Å². The van der Waals surface area contributed by atoms with Gasteiger partial charge in [-0.15, -0.1) is 0 Å². The van der Waals surface area contributed by atoms with E-state index in [4.69, 9.17) is 5.21 Å². The number of amides is 1. The van der Waals surface area contributed by atoms with Gasteiger partial charge in [-0.05, 0) is 0 Å². The maximum Gasteiger partial charge on any atom is 0.404 e. The van der Waals surface area contributed by atoms with Crippen molar-refractivity contribution in [3.63, 3.8) is 0 Å². The summed E-state index contributed by atoms with van der Waals surface area (Å²) in [6.07, 6.45) is 0.120. The molecule has 0 aliphatic heterocycles. The number of nitrogens with zero attached hydrogens (tertiary/aromatic N) is 1. The van der Waals surface area contributed by atoms with Crippen LogP contribution in [0.2, 0.25) is 0 Å². The van der Waals surface area contributed by atoms with Crippen LogP contribution in [-0.4, -0.2) is 24.1 Å². The molecule has 5 heteroatoms. The first-order chi connectivity index (χ1) is 3.77. The van der Waals surface area contributed by atoms with Crippen LogP contribution < -0.4 is 5.73 Å². The van der Waals surface area contributed by atoms with Crippen molar-refractivity contribution in [2.45, 2.75) is 0 Å². The molecule has 0 spiro atoms. The lowest BCUT2D eigenvalue weighted by molar-refractivity contribution is 0.173. The van der Waals surface area contributed by atoms with E-state index in [1.54, 1.807) is 0 Å². The number of carbonyl (C=O) groups is 1. The van der Waals surface area contributed by atoms with Gasteiger partial charge in [0.05, 0.1) is 6.21 Å². The minimum atomic E-state index is -0.884. The third kappa shape index (κ3) is 4.74. The quantitative estimate of drug-likeness (QED) is 0.292. The van der Waals surface area contributed by atoms with Gasteiger partial charge in [-0.25, -0.2) is 4.79 Å². The van der Waals surface area contributed by atoms with E-state index in [0.29, 0.717) is 0 Å². The Balaban J connectivity index is 3.05. The fraction of sp³-hybridized carbons (Fsp3) is 0.333. The van der Waals surface area contributed by atoms with Gasteiger partial charge >= 0.3 is 6.09 Å². The zero-order valence-electron chi connectivity index (χ0n) is 4.07. The van der Waals surface area contributed by atoms with Crippen LogP contribution in [-0.2, 0) is 4.74 Å². The fourth-order valence-electron chi connectivity index (χ4n) is 0.153. The molecular formula is C3H6N2O3. The van der Waals surface area contributed by atoms with Crippen molar-refractivity contribution in [3.8, 4) is 0 Å². The Hall–Kier alpha value is -1.26. The van der Waals surface area contributed by atoms with Crippen molar-refractivity contribution >= 4 is 12.3 Å². The third-order valence-corrected chi connectivity index (χ3v) is 0.382. The van der Waals surface area contributed by atoms with Crippen molar-refractivity contribution in [2.75, 3.05) is 6.61 Å². The summed E-state index contributed by atoms with van der Waals surface area (Å²) >= 11 is 0. The van der Waals surface area contributed by atoms with Gasteiger partial charge in [-0.3, -0.25) is 0 Å². The van der Waals surface area contributed by atoms with E-state index in [9.17, 15) is 4.79 Å². The molecule has 1 amide bonds. The summed E-state index contributed by atoms with van der Waals surface area (Å²) in [6, 6.07) is 0. The maximum atomic E-state index is 9.73. The van der Waals surface area contributed by atoms with Crippen molar-refractivity contribution in [1.82, 2.24) is 0 Å². The molecule has 0 fully saturated rings. The zero-order valence-corrected chi connectivity index (χ0v) is 4.07. The van der Waals surface area contributed by atoms with Gasteiger partial charge in [-0.1, -0.05) is 5.16 Å². The molecule has 0 aliphatic carbocycles. The highest BCUT2D eigenvalue weighted by Crippen LogP contribution is 1.67. The van der Waals surface area contributed by atoms with Gasteiger partial charge in [-0.2, -0.15) is 0 Å². The summed E-state index contributed by atoms with van der Waals surface area (Å²) < 4.78 is 4.11. The monoisotopic (exact) mass is 118 g/mol. The molecule has 0 aliphatic rings. The number of hydrogen-bond donors (Lipinski definition) is 2. The highest BCUT2D eigenvalue weighted by atomic mass is 16.5. The van der Waals surface area contributed by atoms with Crippen LogP contribution in [0.1, 0.15) is 0 Å². The van der Waals surface area contributed by atoms with Crippen molar-refractivity contribution in [2.24, 2.45) is 10.9 Å². The van der Waals surface area contributed by atoms with Crippen molar-refractivity contribution in [1.29, 1.82) is 0 Å². The Kier molecular flexibility index (Phi) is 3.30. The number of hydrogen-bond acceptors (Lipinski definition) is 4. The molecule has 3 N–H and O–H groups in total. The van der Waals surface area contributed by atoms with Crippen LogP contribution in [0.3, 0.4) is 0 Å². The van der Waals surface area contributed by atoms with Crippen molar-refractivity contribution < 1.29 is 14.7 Å². The number of carbonyl (C=O) groups excluding carboxylic acids is 1. The van der Waals surface area contributed by atoms with E-state index in [0.717, 1.165) is 6.21 Å². The fourth-order valence-corrected chi connectivity index (χ4v) is 0.153. The lowest BCUT2D eigenvalue weighted by Gasteiger charge is -1.90. The molecule has 0 bridgehead atoms. The second kappa shape index (κ2) is 3.91. The molecule has 0 atom stereocenters. The van der Waals surface area contributed by atoms with Gasteiger partial charge in [0.1, 0.15) is 6.61 Å². The zero-order chi connectivity index (χ0) is 6.41. The summed E-state index contributed by atoms with van der Waals surface area (Å²) in [5, 5.41) is 10.3.